The van der Waals surface area contributed by atoms with Crippen molar-refractivity contribution in [3.05, 3.63) is 51.9 Å². The zero-order valence-corrected chi connectivity index (χ0v) is 15.8. The monoisotopic (exact) mass is 408 g/mol. The maximum atomic E-state index is 11.5. The third kappa shape index (κ3) is 4.67. The minimum atomic E-state index is -1.51. The Balaban J connectivity index is 1.68. The molecule has 5 N–H and O–H groups in total. The van der Waals surface area contributed by atoms with Crippen LogP contribution in [0.15, 0.2) is 45.1 Å². The lowest BCUT2D eigenvalue weighted by molar-refractivity contribution is -0.299. The minimum absolute atomic E-state index is 0.00856. The molecule has 5 atom stereocenters. The van der Waals surface area contributed by atoms with Crippen molar-refractivity contribution < 1.29 is 39.4 Å². The maximum Gasteiger partial charge on any atom is 0.336 e. The number of hydrogen-bond acceptors (Lipinski definition) is 9. The number of aromatic hydroxyl groups is 1. The Kier molecular flexibility index (Phi) is 6.68. The Morgan fingerprint density at radius 2 is 1.86 bits per heavy atom. The molecule has 3 rings (SSSR count). The molecule has 0 spiro atoms. The van der Waals surface area contributed by atoms with Gasteiger partial charge in [-0.3, -0.25) is 0 Å². The van der Waals surface area contributed by atoms with E-state index in [2.05, 4.69) is 0 Å². The van der Waals surface area contributed by atoms with Crippen molar-refractivity contribution in [1.82, 2.24) is 0 Å². The number of benzene rings is 1. The molecule has 0 aliphatic carbocycles. The van der Waals surface area contributed by atoms with Gasteiger partial charge >= 0.3 is 5.63 Å². The summed E-state index contributed by atoms with van der Waals surface area (Å²) in [6, 6.07) is 6.09. The second-order valence-corrected chi connectivity index (χ2v) is 7.00. The number of aliphatic hydroxyl groups excluding tert-OH is 4. The third-order valence-corrected chi connectivity index (χ3v) is 4.85. The van der Waals surface area contributed by atoms with Crippen molar-refractivity contribution in [1.29, 1.82) is 0 Å². The molecule has 0 unspecified atom stereocenters. The second kappa shape index (κ2) is 9.04. The van der Waals surface area contributed by atoms with E-state index in [-0.39, 0.29) is 18.8 Å². The zero-order chi connectivity index (χ0) is 21.1. The summed E-state index contributed by atoms with van der Waals surface area (Å²) in [5, 5.41) is 49.6. The Morgan fingerprint density at radius 1 is 1.14 bits per heavy atom. The molecule has 2 aromatic rings. The van der Waals surface area contributed by atoms with E-state index < -0.39 is 42.9 Å². The Bertz CT molecular complexity index is 933. The van der Waals surface area contributed by atoms with Gasteiger partial charge in [0.25, 0.3) is 0 Å². The lowest BCUT2D eigenvalue weighted by Gasteiger charge is -2.39. The van der Waals surface area contributed by atoms with E-state index in [0.717, 1.165) is 5.57 Å². The number of ether oxygens (including phenoxy) is 2. The summed E-state index contributed by atoms with van der Waals surface area (Å²) >= 11 is 0. The quantitative estimate of drug-likeness (QED) is 0.323. The molecule has 2 heterocycles. The zero-order valence-electron chi connectivity index (χ0n) is 15.8. The summed E-state index contributed by atoms with van der Waals surface area (Å²) in [5.41, 5.74) is 0.955. The first-order valence-electron chi connectivity index (χ1n) is 9.14. The van der Waals surface area contributed by atoms with E-state index in [4.69, 9.17) is 13.9 Å². The molecule has 0 bridgehead atoms. The number of aliphatic hydroxyl groups is 4. The molecule has 158 valence electrons. The van der Waals surface area contributed by atoms with Crippen LogP contribution < -0.4 is 5.63 Å². The first-order valence-corrected chi connectivity index (χ1v) is 9.14. The fourth-order valence-electron chi connectivity index (χ4n) is 3.13. The molecule has 9 nitrogen and oxygen atoms in total. The molecule has 1 saturated heterocycles. The fraction of sp³-hybridized carbons (Fsp3) is 0.450. The molecule has 0 saturated carbocycles. The highest BCUT2D eigenvalue weighted by Gasteiger charge is 2.43. The molecular formula is C20H24O9. The first kappa shape index (κ1) is 21.4. The van der Waals surface area contributed by atoms with Crippen molar-refractivity contribution in [3.8, 4) is 5.75 Å². The van der Waals surface area contributed by atoms with Crippen LogP contribution in [-0.4, -0.2) is 69.5 Å². The number of fused-ring (bicyclic) bond motifs is 1. The largest absolute Gasteiger partial charge is 0.508 e. The number of phenolic OH excluding ortho intramolecular Hbond substituents is 1. The van der Waals surface area contributed by atoms with Crippen LogP contribution in [0.5, 0.6) is 5.75 Å². The molecule has 29 heavy (non-hydrogen) atoms. The van der Waals surface area contributed by atoms with Gasteiger partial charge in [0, 0.05) is 17.0 Å². The smallest absolute Gasteiger partial charge is 0.336 e. The fourth-order valence-corrected chi connectivity index (χ4v) is 3.13. The molecule has 1 aromatic carbocycles. The van der Waals surface area contributed by atoms with Crippen LogP contribution in [0.2, 0.25) is 0 Å². The van der Waals surface area contributed by atoms with Gasteiger partial charge in [0.15, 0.2) is 6.29 Å². The summed E-state index contributed by atoms with van der Waals surface area (Å²) in [6.45, 7) is 1.24. The highest BCUT2D eigenvalue weighted by molar-refractivity contribution is 5.82. The molecule has 0 radical (unpaired) electrons. The molecule has 9 heteroatoms. The summed E-state index contributed by atoms with van der Waals surface area (Å²) < 4.78 is 16.0. The van der Waals surface area contributed by atoms with Crippen LogP contribution >= 0.6 is 0 Å². The SMILES string of the molecule is CC(=CCc1c(O)ccc2ccc(=O)oc12)CO[C@@H]1O[C@H](CO)[C@@H](O)[C@H](O)[C@H]1O. The van der Waals surface area contributed by atoms with Crippen molar-refractivity contribution in [2.75, 3.05) is 13.2 Å². The highest BCUT2D eigenvalue weighted by atomic mass is 16.7. The van der Waals surface area contributed by atoms with E-state index in [1.807, 2.05) is 0 Å². The minimum Gasteiger partial charge on any atom is -0.508 e. The van der Waals surface area contributed by atoms with Gasteiger partial charge < -0.3 is 39.4 Å². The Hall–Kier alpha value is -2.27. The number of hydrogen-bond donors (Lipinski definition) is 5. The average molecular weight is 408 g/mol. The normalized spacial score (nSPS) is 28.0. The number of phenols is 1. The molecule has 1 fully saturated rings. The van der Waals surface area contributed by atoms with Gasteiger partial charge in [0.05, 0.1) is 13.2 Å². The van der Waals surface area contributed by atoms with Crippen LogP contribution in [0.1, 0.15) is 12.5 Å². The van der Waals surface area contributed by atoms with Crippen molar-refractivity contribution >= 4 is 11.0 Å². The number of allylic oxidation sites excluding steroid dienone is 1. The predicted octanol–water partition coefficient (Wildman–Crippen LogP) is -0.196. The van der Waals surface area contributed by atoms with E-state index in [9.17, 15) is 30.3 Å². The summed E-state index contributed by atoms with van der Waals surface area (Å²) in [4.78, 5) is 11.5. The highest BCUT2D eigenvalue weighted by Crippen LogP contribution is 2.27. The van der Waals surface area contributed by atoms with Crippen molar-refractivity contribution in [3.63, 3.8) is 0 Å². The van der Waals surface area contributed by atoms with Gasteiger partial charge in [-0.15, -0.1) is 0 Å². The van der Waals surface area contributed by atoms with Gasteiger partial charge in [-0.2, -0.15) is 0 Å². The summed E-state index contributed by atoms with van der Waals surface area (Å²) in [5.74, 6) is -0.00856. The Morgan fingerprint density at radius 3 is 2.59 bits per heavy atom. The van der Waals surface area contributed by atoms with E-state index in [1.165, 1.54) is 12.1 Å². The van der Waals surface area contributed by atoms with E-state index >= 15 is 0 Å². The van der Waals surface area contributed by atoms with Crippen molar-refractivity contribution in [2.24, 2.45) is 0 Å². The van der Waals surface area contributed by atoms with Gasteiger partial charge in [0.1, 0.15) is 35.7 Å². The van der Waals surface area contributed by atoms with Crippen LogP contribution in [-0.2, 0) is 15.9 Å². The molecule has 1 aliphatic rings. The third-order valence-electron chi connectivity index (χ3n) is 4.85. The van der Waals surface area contributed by atoms with Crippen LogP contribution in [0.4, 0.5) is 0 Å². The predicted molar refractivity (Wildman–Crippen MR) is 101 cm³/mol. The average Bonchev–Trinajstić information content (AvgIpc) is 2.70. The van der Waals surface area contributed by atoms with Gasteiger partial charge in [-0.05, 0) is 31.5 Å². The second-order valence-electron chi connectivity index (χ2n) is 7.00. The summed E-state index contributed by atoms with van der Waals surface area (Å²) in [6.07, 6.45) is -4.68. The lowest BCUT2D eigenvalue weighted by atomic mass is 9.99. The van der Waals surface area contributed by atoms with Gasteiger partial charge in [-0.1, -0.05) is 11.6 Å². The van der Waals surface area contributed by atoms with Crippen molar-refractivity contribution in [2.45, 2.75) is 44.1 Å². The topological polar surface area (TPSA) is 150 Å². The lowest BCUT2D eigenvalue weighted by Crippen LogP contribution is -2.59. The molecule has 1 aromatic heterocycles. The number of rotatable bonds is 6. The molecular weight excluding hydrogens is 384 g/mol. The Labute approximate surface area is 166 Å². The van der Waals surface area contributed by atoms with Crippen LogP contribution in [0.25, 0.3) is 11.0 Å². The molecule has 1 aliphatic heterocycles. The van der Waals surface area contributed by atoms with Gasteiger partial charge in [0.2, 0.25) is 0 Å². The first-order chi connectivity index (χ1) is 13.8. The maximum absolute atomic E-state index is 11.5. The summed E-state index contributed by atoms with van der Waals surface area (Å²) in [7, 11) is 0. The van der Waals surface area contributed by atoms with Crippen LogP contribution in [0, 0.1) is 0 Å². The van der Waals surface area contributed by atoms with E-state index in [0.29, 0.717) is 16.5 Å². The standard InChI is InChI=1S/C20H24O9/c1-10(9-27-20-18(26)17(25)16(24)14(8-21)28-20)2-5-12-13(22)6-3-11-4-7-15(23)29-19(11)12/h2-4,6-7,14,16-18,20-22,24-26H,5,8-9H2,1H3/t14-,16-,17+,18-,20-/m1/s1. The van der Waals surface area contributed by atoms with Crippen LogP contribution in [0.3, 0.4) is 0 Å². The van der Waals surface area contributed by atoms with E-state index in [1.54, 1.807) is 25.1 Å². The molecule has 0 amide bonds. The van der Waals surface area contributed by atoms with Gasteiger partial charge in [-0.25, -0.2) is 4.79 Å².